The van der Waals surface area contributed by atoms with Crippen molar-refractivity contribution in [3.8, 4) is 0 Å². The summed E-state index contributed by atoms with van der Waals surface area (Å²) in [4.78, 5) is 11.4. The van der Waals surface area contributed by atoms with Gasteiger partial charge in [0, 0.05) is 11.0 Å². The Kier molecular flexibility index (Phi) is 5.56. The second-order valence-electron chi connectivity index (χ2n) is 5.18. The number of amides is 1. The number of hydrogen-bond acceptors (Lipinski definition) is 3. The van der Waals surface area contributed by atoms with Gasteiger partial charge in [-0.25, -0.2) is 8.42 Å². The van der Waals surface area contributed by atoms with Crippen LogP contribution in [0.15, 0.2) is 57.9 Å². The molecule has 0 atom stereocenters. The summed E-state index contributed by atoms with van der Waals surface area (Å²) in [6, 6.07) is 13.7. The monoisotopic (exact) mass is 396 g/mol. The summed E-state index contributed by atoms with van der Waals surface area (Å²) in [6.45, 7) is 1.66. The Morgan fingerprint density at radius 2 is 1.65 bits per heavy atom. The molecule has 5 nitrogen and oxygen atoms in total. The van der Waals surface area contributed by atoms with Gasteiger partial charge in [0.2, 0.25) is 15.9 Å². The maximum atomic E-state index is 12.8. The molecule has 2 aromatic rings. The molecule has 2 rings (SSSR count). The van der Waals surface area contributed by atoms with Crippen LogP contribution in [0.2, 0.25) is 0 Å². The minimum atomic E-state index is -3.81. The van der Waals surface area contributed by atoms with Crippen molar-refractivity contribution in [1.82, 2.24) is 4.31 Å². The van der Waals surface area contributed by atoms with Crippen molar-refractivity contribution in [2.75, 3.05) is 6.54 Å². The van der Waals surface area contributed by atoms with Crippen molar-refractivity contribution in [1.29, 1.82) is 0 Å². The molecule has 122 valence electrons. The summed E-state index contributed by atoms with van der Waals surface area (Å²) >= 11 is 3.27. The highest BCUT2D eigenvalue weighted by molar-refractivity contribution is 9.10. The zero-order valence-electron chi connectivity index (χ0n) is 12.6. The molecule has 0 radical (unpaired) electrons. The third-order valence-corrected chi connectivity index (χ3v) is 5.60. The largest absolute Gasteiger partial charge is 0.369 e. The molecule has 0 unspecified atom stereocenters. The second-order valence-corrected chi connectivity index (χ2v) is 8.03. The third-order valence-electron chi connectivity index (χ3n) is 3.26. The first-order chi connectivity index (χ1) is 10.8. The minimum Gasteiger partial charge on any atom is -0.369 e. The number of carbonyl (C=O) groups is 1. The van der Waals surface area contributed by atoms with E-state index in [1.54, 1.807) is 12.1 Å². The van der Waals surface area contributed by atoms with E-state index in [1.165, 1.54) is 12.1 Å². The van der Waals surface area contributed by atoms with Crippen LogP contribution >= 0.6 is 15.9 Å². The van der Waals surface area contributed by atoms with Gasteiger partial charge in [0.25, 0.3) is 0 Å². The van der Waals surface area contributed by atoms with Gasteiger partial charge in [-0.15, -0.1) is 0 Å². The van der Waals surface area contributed by atoms with Crippen molar-refractivity contribution < 1.29 is 13.2 Å². The zero-order chi connectivity index (χ0) is 17.0. The third kappa shape index (κ3) is 4.63. The van der Waals surface area contributed by atoms with Crippen molar-refractivity contribution in [2.24, 2.45) is 5.73 Å². The summed E-state index contributed by atoms with van der Waals surface area (Å²) in [7, 11) is -3.81. The van der Waals surface area contributed by atoms with Crippen LogP contribution in [0.5, 0.6) is 0 Å². The summed E-state index contributed by atoms with van der Waals surface area (Å²) < 4.78 is 27.4. The van der Waals surface area contributed by atoms with Crippen LogP contribution in [0.3, 0.4) is 0 Å². The number of hydrogen-bond donors (Lipinski definition) is 1. The second kappa shape index (κ2) is 7.25. The van der Waals surface area contributed by atoms with Crippen LogP contribution in [0, 0.1) is 6.92 Å². The van der Waals surface area contributed by atoms with Gasteiger partial charge < -0.3 is 5.73 Å². The number of halogens is 1. The van der Waals surface area contributed by atoms with Crippen LogP contribution < -0.4 is 5.73 Å². The van der Waals surface area contributed by atoms with Crippen molar-refractivity contribution in [3.63, 3.8) is 0 Å². The molecule has 0 aliphatic heterocycles. The fourth-order valence-corrected chi connectivity index (χ4v) is 3.71. The Hall–Kier alpha value is -1.70. The first-order valence-electron chi connectivity index (χ1n) is 6.88. The number of rotatable bonds is 6. The van der Waals surface area contributed by atoms with Crippen molar-refractivity contribution in [2.45, 2.75) is 18.4 Å². The summed E-state index contributed by atoms with van der Waals surface area (Å²) in [5.74, 6) is -0.696. The van der Waals surface area contributed by atoms with E-state index in [0.717, 1.165) is 19.9 Å². The van der Waals surface area contributed by atoms with Gasteiger partial charge in [0.15, 0.2) is 0 Å². The highest BCUT2D eigenvalue weighted by Crippen LogP contribution is 2.20. The molecular formula is C16H17BrN2O3S. The van der Waals surface area contributed by atoms with E-state index in [0.29, 0.717) is 0 Å². The zero-order valence-corrected chi connectivity index (χ0v) is 15.0. The molecule has 2 aromatic carbocycles. The van der Waals surface area contributed by atoms with Crippen LogP contribution in [0.25, 0.3) is 0 Å². The van der Waals surface area contributed by atoms with Crippen LogP contribution in [-0.4, -0.2) is 25.2 Å². The number of nitrogens with zero attached hydrogens (tertiary/aromatic N) is 1. The highest BCUT2D eigenvalue weighted by Gasteiger charge is 2.26. The van der Waals surface area contributed by atoms with E-state index >= 15 is 0 Å². The molecular weight excluding hydrogens is 380 g/mol. The molecule has 0 saturated heterocycles. The first-order valence-corrected chi connectivity index (χ1v) is 9.12. The molecule has 23 heavy (non-hydrogen) atoms. The van der Waals surface area contributed by atoms with E-state index in [2.05, 4.69) is 15.9 Å². The smallest absolute Gasteiger partial charge is 0.243 e. The number of sulfonamides is 1. The molecule has 0 heterocycles. The normalized spacial score (nSPS) is 11.6. The van der Waals surface area contributed by atoms with Gasteiger partial charge in [0.05, 0.1) is 11.4 Å². The summed E-state index contributed by atoms with van der Waals surface area (Å²) in [5.41, 5.74) is 7.08. The lowest BCUT2D eigenvalue weighted by Crippen LogP contribution is -2.38. The Bertz CT molecular complexity index is 787. The number of aryl methyl sites for hydroxylation is 1. The number of benzene rings is 2. The van der Waals surface area contributed by atoms with Crippen molar-refractivity contribution in [3.05, 3.63) is 64.1 Å². The fourth-order valence-electron chi connectivity index (χ4n) is 2.05. The number of primary amides is 1. The molecule has 0 spiro atoms. The fraction of sp³-hybridized carbons (Fsp3) is 0.188. The number of carbonyl (C=O) groups excluding carboxylic acids is 1. The Labute approximate surface area is 144 Å². The summed E-state index contributed by atoms with van der Waals surface area (Å²) in [5, 5.41) is 0. The van der Waals surface area contributed by atoms with Crippen LogP contribution in [-0.2, 0) is 21.4 Å². The average Bonchev–Trinajstić information content (AvgIpc) is 2.49. The number of nitrogens with two attached hydrogens (primary N) is 1. The molecule has 0 aliphatic rings. The van der Waals surface area contributed by atoms with Gasteiger partial charge in [-0.1, -0.05) is 45.8 Å². The van der Waals surface area contributed by atoms with Gasteiger partial charge in [-0.05, 0) is 36.8 Å². The predicted molar refractivity (Wildman–Crippen MR) is 92.1 cm³/mol. The van der Waals surface area contributed by atoms with Crippen LogP contribution in [0.4, 0.5) is 0 Å². The Balaban J connectivity index is 2.34. The molecule has 0 aromatic heterocycles. The van der Waals surface area contributed by atoms with E-state index in [4.69, 9.17) is 5.73 Å². The topological polar surface area (TPSA) is 80.5 Å². The molecule has 2 N–H and O–H groups in total. The van der Waals surface area contributed by atoms with Gasteiger partial charge in [-0.2, -0.15) is 4.31 Å². The SMILES string of the molecule is Cc1ccc(CN(CC(N)=O)S(=O)(=O)c2ccc(Br)cc2)cc1. The van der Waals surface area contributed by atoms with Gasteiger partial charge >= 0.3 is 0 Å². The minimum absolute atomic E-state index is 0.0849. The van der Waals surface area contributed by atoms with Crippen molar-refractivity contribution >= 4 is 31.9 Å². The molecule has 0 fully saturated rings. The molecule has 0 aliphatic carbocycles. The Morgan fingerprint density at radius 1 is 1.09 bits per heavy atom. The average molecular weight is 397 g/mol. The molecule has 7 heteroatoms. The van der Waals surface area contributed by atoms with Gasteiger partial charge in [0.1, 0.15) is 0 Å². The van der Waals surface area contributed by atoms with E-state index in [9.17, 15) is 13.2 Å². The Morgan fingerprint density at radius 3 is 2.17 bits per heavy atom. The predicted octanol–water partition coefficient (Wildman–Crippen LogP) is 2.43. The molecule has 0 saturated carbocycles. The maximum absolute atomic E-state index is 12.8. The first kappa shape index (κ1) is 17.7. The van der Waals surface area contributed by atoms with Gasteiger partial charge in [-0.3, -0.25) is 4.79 Å². The molecule has 1 amide bonds. The molecule has 0 bridgehead atoms. The lowest BCUT2D eigenvalue weighted by Gasteiger charge is -2.21. The van der Waals surface area contributed by atoms with E-state index in [-0.39, 0.29) is 18.0 Å². The van der Waals surface area contributed by atoms with E-state index in [1.807, 2.05) is 31.2 Å². The lowest BCUT2D eigenvalue weighted by atomic mass is 10.1. The lowest BCUT2D eigenvalue weighted by molar-refractivity contribution is -0.118. The standard InChI is InChI=1S/C16H17BrN2O3S/c1-12-2-4-13(5-3-12)10-19(11-16(18)20)23(21,22)15-8-6-14(17)7-9-15/h2-9H,10-11H2,1H3,(H2,18,20). The highest BCUT2D eigenvalue weighted by atomic mass is 79.9. The summed E-state index contributed by atoms with van der Waals surface area (Å²) in [6.07, 6.45) is 0. The quantitative estimate of drug-likeness (QED) is 0.813. The maximum Gasteiger partial charge on any atom is 0.243 e. The van der Waals surface area contributed by atoms with Crippen LogP contribution in [0.1, 0.15) is 11.1 Å². The van der Waals surface area contributed by atoms with E-state index < -0.39 is 15.9 Å².